The van der Waals surface area contributed by atoms with Crippen molar-refractivity contribution in [1.82, 2.24) is 4.98 Å². The first-order valence-corrected chi connectivity index (χ1v) is 7.73. The zero-order valence-electron chi connectivity index (χ0n) is 11.9. The number of fused-ring (bicyclic) bond motifs is 1. The van der Waals surface area contributed by atoms with Gasteiger partial charge in [-0.05, 0) is 18.1 Å². The topological polar surface area (TPSA) is 94.0 Å². The lowest BCUT2D eigenvalue weighted by molar-refractivity contribution is 0.100. The van der Waals surface area contributed by atoms with Gasteiger partial charge >= 0.3 is 0 Å². The van der Waals surface area contributed by atoms with Crippen molar-refractivity contribution in [3.05, 3.63) is 53.0 Å². The second-order valence-electron chi connectivity index (χ2n) is 4.91. The quantitative estimate of drug-likeness (QED) is 0.675. The first-order chi connectivity index (χ1) is 10.7. The normalized spacial score (nSPS) is 10.7. The number of thiophene rings is 1. The molecule has 0 atom stereocenters. The third-order valence-corrected chi connectivity index (χ3v) is 4.55. The van der Waals surface area contributed by atoms with Gasteiger partial charge in [0.2, 0.25) is 0 Å². The van der Waals surface area contributed by atoms with Crippen LogP contribution in [0.4, 0.5) is 11.4 Å². The van der Waals surface area contributed by atoms with Gasteiger partial charge in [-0.25, -0.2) is 4.98 Å². The second kappa shape index (κ2) is 6.03. The Morgan fingerprint density at radius 1 is 1.23 bits per heavy atom. The van der Waals surface area contributed by atoms with Crippen molar-refractivity contribution in [1.29, 1.82) is 0 Å². The fourth-order valence-electron chi connectivity index (χ4n) is 2.36. The molecule has 5 nitrogen and oxygen atoms in total. The number of nitrogen functional groups attached to an aromatic ring is 1. The zero-order valence-corrected chi connectivity index (χ0v) is 12.7. The number of primary amides is 1. The van der Waals surface area contributed by atoms with Crippen LogP contribution in [0.1, 0.15) is 15.2 Å². The molecule has 0 saturated carbocycles. The van der Waals surface area contributed by atoms with Crippen LogP contribution in [-0.4, -0.2) is 17.4 Å². The van der Waals surface area contributed by atoms with Crippen molar-refractivity contribution in [2.75, 3.05) is 17.6 Å². The number of aromatic nitrogens is 1. The van der Waals surface area contributed by atoms with E-state index in [0.717, 1.165) is 28.9 Å². The molecule has 6 heteroatoms. The predicted octanol–water partition coefficient (Wildman–Crippen LogP) is 2.63. The largest absolute Gasteiger partial charge is 0.397 e. The van der Waals surface area contributed by atoms with E-state index in [1.807, 2.05) is 24.3 Å². The van der Waals surface area contributed by atoms with Gasteiger partial charge in [0.15, 0.2) is 0 Å². The number of nitrogens with zero attached hydrogens (tertiary/aromatic N) is 1. The predicted molar refractivity (Wildman–Crippen MR) is 91.2 cm³/mol. The monoisotopic (exact) mass is 312 g/mol. The third-order valence-electron chi connectivity index (χ3n) is 3.42. The first kappa shape index (κ1) is 14.3. The van der Waals surface area contributed by atoms with Crippen LogP contribution in [-0.2, 0) is 6.42 Å². The Bertz CT molecular complexity index is 814. The number of carbonyl (C=O) groups excluding carboxylic acids is 1. The molecule has 0 aliphatic rings. The molecule has 0 aliphatic heterocycles. The van der Waals surface area contributed by atoms with Gasteiger partial charge in [-0.15, -0.1) is 11.3 Å². The average molecular weight is 312 g/mol. The minimum absolute atomic E-state index is 0.361. The summed E-state index contributed by atoms with van der Waals surface area (Å²) in [5.41, 5.74) is 13.9. The van der Waals surface area contributed by atoms with E-state index in [1.54, 1.807) is 6.20 Å². The molecule has 1 amide bonds. The Hall–Kier alpha value is -2.60. The highest BCUT2D eigenvalue weighted by molar-refractivity contribution is 7.21. The molecule has 22 heavy (non-hydrogen) atoms. The molecule has 0 fully saturated rings. The third kappa shape index (κ3) is 2.73. The molecule has 2 aromatic heterocycles. The molecule has 5 N–H and O–H groups in total. The minimum Gasteiger partial charge on any atom is -0.397 e. The number of rotatable bonds is 5. The lowest BCUT2D eigenvalue weighted by atomic mass is 10.1. The highest BCUT2D eigenvalue weighted by Gasteiger charge is 2.17. The highest BCUT2D eigenvalue weighted by Crippen LogP contribution is 2.36. The summed E-state index contributed by atoms with van der Waals surface area (Å²) in [7, 11) is 0. The summed E-state index contributed by atoms with van der Waals surface area (Å²) < 4.78 is 0. The molecule has 0 spiro atoms. The SMILES string of the molecule is NC(=O)c1sc2nccc(NCCc3ccccc3)c2c1N. The Labute approximate surface area is 132 Å². The number of nitrogens with one attached hydrogen (secondary N) is 1. The van der Waals surface area contributed by atoms with Crippen molar-refractivity contribution in [2.45, 2.75) is 6.42 Å². The smallest absolute Gasteiger partial charge is 0.260 e. The molecular weight excluding hydrogens is 296 g/mol. The van der Waals surface area contributed by atoms with Crippen LogP contribution in [0.15, 0.2) is 42.6 Å². The molecule has 3 rings (SSSR count). The van der Waals surface area contributed by atoms with Gasteiger partial charge in [-0.2, -0.15) is 0 Å². The second-order valence-corrected chi connectivity index (χ2v) is 5.91. The van der Waals surface area contributed by atoms with Crippen LogP contribution in [0, 0.1) is 0 Å². The zero-order chi connectivity index (χ0) is 15.5. The number of benzene rings is 1. The maximum atomic E-state index is 11.4. The van der Waals surface area contributed by atoms with Crippen molar-refractivity contribution in [2.24, 2.45) is 5.73 Å². The minimum atomic E-state index is -0.518. The number of pyridine rings is 1. The van der Waals surface area contributed by atoms with Gasteiger partial charge in [0, 0.05) is 18.4 Å². The number of amides is 1. The number of anilines is 2. The number of nitrogens with two attached hydrogens (primary N) is 2. The first-order valence-electron chi connectivity index (χ1n) is 6.91. The molecular formula is C16H16N4OS. The summed E-state index contributed by atoms with van der Waals surface area (Å²) in [5, 5.41) is 4.14. The van der Waals surface area contributed by atoms with E-state index in [2.05, 4.69) is 22.4 Å². The number of hydrogen-bond acceptors (Lipinski definition) is 5. The van der Waals surface area contributed by atoms with Crippen molar-refractivity contribution < 1.29 is 4.79 Å². The van der Waals surface area contributed by atoms with E-state index >= 15 is 0 Å². The fourth-order valence-corrected chi connectivity index (χ4v) is 3.30. The molecule has 112 valence electrons. The molecule has 0 saturated heterocycles. The summed E-state index contributed by atoms with van der Waals surface area (Å²) in [6.45, 7) is 0.768. The van der Waals surface area contributed by atoms with E-state index < -0.39 is 5.91 Å². The van der Waals surface area contributed by atoms with E-state index in [1.165, 1.54) is 16.9 Å². The Morgan fingerprint density at radius 2 is 2.00 bits per heavy atom. The van der Waals surface area contributed by atoms with E-state index in [0.29, 0.717) is 10.6 Å². The van der Waals surface area contributed by atoms with Crippen molar-refractivity contribution in [3.63, 3.8) is 0 Å². The van der Waals surface area contributed by atoms with Crippen LogP contribution >= 0.6 is 11.3 Å². The van der Waals surface area contributed by atoms with Crippen LogP contribution in [0.25, 0.3) is 10.2 Å². The average Bonchev–Trinajstić information content (AvgIpc) is 2.87. The Balaban J connectivity index is 1.83. The van der Waals surface area contributed by atoms with Crippen LogP contribution in [0.3, 0.4) is 0 Å². The standard InChI is InChI=1S/C16H16N4OS/c17-13-12-11(19-8-6-10-4-2-1-3-5-10)7-9-20-16(12)22-14(13)15(18)21/h1-5,7,9H,6,8,17H2,(H2,18,21)(H,19,20). The van der Waals surface area contributed by atoms with Gasteiger partial charge in [-0.1, -0.05) is 30.3 Å². The van der Waals surface area contributed by atoms with Gasteiger partial charge in [-0.3, -0.25) is 4.79 Å². The van der Waals surface area contributed by atoms with Gasteiger partial charge < -0.3 is 16.8 Å². The maximum absolute atomic E-state index is 11.4. The molecule has 0 radical (unpaired) electrons. The summed E-state index contributed by atoms with van der Waals surface area (Å²) in [4.78, 5) is 16.7. The molecule has 0 bridgehead atoms. The summed E-state index contributed by atoms with van der Waals surface area (Å²) in [6, 6.07) is 12.1. The van der Waals surface area contributed by atoms with E-state index in [4.69, 9.17) is 11.5 Å². The van der Waals surface area contributed by atoms with Crippen LogP contribution in [0.5, 0.6) is 0 Å². The van der Waals surface area contributed by atoms with Gasteiger partial charge in [0.05, 0.1) is 11.1 Å². The maximum Gasteiger partial charge on any atom is 0.260 e. The number of carbonyl (C=O) groups is 1. The fraction of sp³-hybridized carbons (Fsp3) is 0.125. The van der Waals surface area contributed by atoms with Gasteiger partial charge in [0.25, 0.3) is 5.91 Å². The molecule has 2 heterocycles. The summed E-state index contributed by atoms with van der Waals surface area (Å²) >= 11 is 1.23. The molecule has 0 aliphatic carbocycles. The lowest BCUT2D eigenvalue weighted by Crippen LogP contribution is -2.11. The summed E-state index contributed by atoms with van der Waals surface area (Å²) in [5.74, 6) is -0.518. The molecule has 3 aromatic rings. The van der Waals surface area contributed by atoms with Crippen molar-refractivity contribution in [3.8, 4) is 0 Å². The molecule has 0 unspecified atom stereocenters. The van der Waals surface area contributed by atoms with Gasteiger partial charge in [0.1, 0.15) is 9.71 Å². The summed E-state index contributed by atoms with van der Waals surface area (Å²) in [6.07, 6.45) is 2.60. The van der Waals surface area contributed by atoms with Crippen molar-refractivity contribution >= 4 is 38.8 Å². The number of hydrogen-bond donors (Lipinski definition) is 3. The highest BCUT2D eigenvalue weighted by atomic mass is 32.1. The molecule has 1 aromatic carbocycles. The van der Waals surface area contributed by atoms with E-state index in [9.17, 15) is 4.79 Å². The van der Waals surface area contributed by atoms with Crippen LogP contribution < -0.4 is 16.8 Å². The Kier molecular flexibility index (Phi) is 3.93. The van der Waals surface area contributed by atoms with E-state index in [-0.39, 0.29) is 0 Å². The van der Waals surface area contributed by atoms with Crippen LogP contribution in [0.2, 0.25) is 0 Å². The Morgan fingerprint density at radius 3 is 2.73 bits per heavy atom. The lowest BCUT2D eigenvalue weighted by Gasteiger charge is -2.08.